The van der Waals surface area contributed by atoms with Gasteiger partial charge < -0.3 is 5.73 Å². The number of nitrogens with two attached hydrogens (primary N) is 1. The molecule has 0 heterocycles. The summed E-state index contributed by atoms with van der Waals surface area (Å²) in [4.78, 5) is 10.7. The van der Waals surface area contributed by atoms with E-state index in [0.717, 1.165) is 5.56 Å². The topological polar surface area (TPSA) is 86.2 Å². The molecule has 1 atom stereocenters. The van der Waals surface area contributed by atoms with Crippen molar-refractivity contribution in [3.8, 4) is 0 Å². The molecule has 0 saturated heterocycles. The third-order valence-corrected chi connectivity index (χ3v) is 4.84. The summed E-state index contributed by atoms with van der Waals surface area (Å²) >= 11 is 6.01. The van der Waals surface area contributed by atoms with Crippen molar-refractivity contribution in [2.45, 2.75) is 17.6 Å². The van der Waals surface area contributed by atoms with E-state index in [-0.39, 0.29) is 16.5 Å². The number of hydrogen-bond acceptors (Lipinski definition) is 4. The van der Waals surface area contributed by atoms with Gasteiger partial charge in [0.05, 0.1) is 37.1 Å². The molecule has 2 N–H and O–H groups in total. The molecular weight excluding hydrogens is 312 g/mol. The van der Waals surface area contributed by atoms with Crippen LogP contribution < -0.4 is 5.73 Å². The largest absolute Gasteiger partial charge is 0.398 e. The first-order valence-corrected chi connectivity index (χ1v) is 7.76. The second-order valence-corrected chi connectivity index (χ2v) is 6.34. The van der Waals surface area contributed by atoms with Crippen LogP contribution in [0.15, 0.2) is 41.3 Å². The summed E-state index contributed by atoms with van der Waals surface area (Å²) in [6.45, 7) is 1.84. The number of aryl methyl sites for hydroxylation is 1. The third-order valence-electron chi connectivity index (χ3n) is 3.06. The van der Waals surface area contributed by atoms with Gasteiger partial charge in [-0.3, -0.25) is 14.3 Å². The average Bonchev–Trinajstić information content (AvgIpc) is 2.43. The molecule has 0 fully saturated rings. The Hall–Kier alpha value is -1.92. The van der Waals surface area contributed by atoms with Crippen LogP contribution in [0.25, 0.3) is 0 Å². The van der Waals surface area contributed by atoms with E-state index in [9.17, 15) is 14.3 Å². The fourth-order valence-corrected chi connectivity index (χ4v) is 3.49. The van der Waals surface area contributed by atoms with Crippen molar-refractivity contribution in [1.29, 1.82) is 0 Å². The number of nitro benzene ring substituents is 1. The van der Waals surface area contributed by atoms with Gasteiger partial charge in [-0.15, -0.1) is 0 Å². The van der Waals surface area contributed by atoms with Crippen LogP contribution in [0.4, 0.5) is 11.4 Å². The van der Waals surface area contributed by atoms with Crippen molar-refractivity contribution in [2.75, 3.05) is 5.73 Å². The Morgan fingerprint density at radius 2 is 2.05 bits per heavy atom. The maximum atomic E-state index is 12.4. The number of non-ortho nitro benzene ring substituents is 1. The lowest BCUT2D eigenvalue weighted by Crippen LogP contribution is -2.03. The maximum Gasteiger partial charge on any atom is 0.270 e. The highest BCUT2D eigenvalue weighted by molar-refractivity contribution is 7.84. The molecule has 7 heteroatoms. The summed E-state index contributed by atoms with van der Waals surface area (Å²) < 4.78 is 12.4. The number of nitro groups is 1. The zero-order valence-electron chi connectivity index (χ0n) is 11.2. The quantitative estimate of drug-likeness (QED) is 0.530. The van der Waals surface area contributed by atoms with Crippen molar-refractivity contribution < 1.29 is 9.13 Å². The van der Waals surface area contributed by atoms with E-state index in [4.69, 9.17) is 17.3 Å². The van der Waals surface area contributed by atoms with Gasteiger partial charge in [0.25, 0.3) is 5.69 Å². The van der Waals surface area contributed by atoms with E-state index >= 15 is 0 Å². The molecule has 0 aliphatic rings. The Labute approximate surface area is 129 Å². The fraction of sp³-hybridized carbons (Fsp3) is 0.143. The van der Waals surface area contributed by atoms with E-state index in [1.54, 1.807) is 12.1 Å². The van der Waals surface area contributed by atoms with Crippen LogP contribution in [0.5, 0.6) is 0 Å². The first kappa shape index (κ1) is 15.5. The molecule has 0 bridgehead atoms. The average molecular weight is 325 g/mol. The molecule has 1 unspecified atom stereocenters. The first-order valence-electron chi connectivity index (χ1n) is 6.06. The molecule has 5 nitrogen and oxygen atoms in total. The summed E-state index contributed by atoms with van der Waals surface area (Å²) in [6.07, 6.45) is 0. The zero-order chi connectivity index (χ0) is 15.6. The Morgan fingerprint density at radius 1 is 1.33 bits per heavy atom. The molecular formula is C14H13ClN2O3S. The predicted molar refractivity (Wildman–Crippen MR) is 83.8 cm³/mol. The number of para-hydroxylation sites is 1. The molecule has 110 valence electrons. The lowest BCUT2D eigenvalue weighted by molar-refractivity contribution is -0.384. The maximum absolute atomic E-state index is 12.4. The molecule has 0 aromatic heterocycles. The van der Waals surface area contributed by atoms with Crippen LogP contribution in [0.1, 0.15) is 11.1 Å². The van der Waals surface area contributed by atoms with Gasteiger partial charge in [0.2, 0.25) is 0 Å². The molecule has 2 aromatic carbocycles. The molecule has 21 heavy (non-hydrogen) atoms. The number of nitrogens with zero attached hydrogens (tertiary/aromatic N) is 1. The van der Waals surface area contributed by atoms with Gasteiger partial charge in [-0.05, 0) is 30.2 Å². The van der Waals surface area contributed by atoms with Crippen molar-refractivity contribution in [3.63, 3.8) is 0 Å². The first-order chi connectivity index (χ1) is 9.90. The Morgan fingerprint density at radius 3 is 2.67 bits per heavy atom. The van der Waals surface area contributed by atoms with Crippen LogP contribution in [0.3, 0.4) is 0 Å². The van der Waals surface area contributed by atoms with Crippen molar-refractivity contribution in [2.24, 2.45) is 0 Å². The second kappa shape index (κ2) is 6.24. The smallest absolute Gasteiger partial charge is 0.270 e. The highest BCUT2D eigenvalue weighted by atomic mass is 35.5. The third kappa shape index (κ3) is 3.40. The van der Waals surface area contributed by atoms with E-state index in [2.05, 4.69) is 0 Å². The summed E-state index contributed by atoms with van der Waals surface area (Å²) in [5.41, 5.74) is 7.77. The van der Waals surface area contributed by atoms with Gasteiger partial charge in [0, 0.05) is 12.1 Å². The van der Waals surface area contributed by atoms with Crippen LogP contribution in [-0.2, 0) is 16.6 Å². The number of halogens is 1. The lowest BCUT2D eigenvalue weighted by atomic mass is 10.2. The minimum Gasteiger partial charge on any atom is -0.398 e. The van der Waals surface area contributed by atoms with E-state index in [1.165, 1.54) is 18.2 Å². The highest BCUT2D eigenvalue weighted by Gasteiger charge is 2.14. The Balaban J connectivity index is 2.28. The van der Waals surface area contributed by atoms with E-state index < -0.39 is 15.7 Å². The summed E-state index contributed by atoms with van der Waals surface area (Å²) in [6, 6.07) is 9.46. The molecule has 2 rings (SSSR count). The molecule has 0 aliphatic carbocycles. The van der Waals surface area contributed by atoms with Crippen LogP contribution >= 0.6 is 11.6 Å². The van der Waals surface area contributed by atoms with Gasteiger partial charge in [0.15, 0.2) is 0 Å². The molecule has 0 aliphatic heterocycles. The molecule has 0 amide bonds. The normalized spacial score (nSPS) is 12.1. The standard InChI is InChI=1S/C14H13ClN2O3S/c1-9-3-2-4-13(14(9)16)21(20)8-10-5-6-11(17(18)19)7-12(10)15/h2-7H,8,16H2,1H3. The predicted octanol–water partition coefficient (Wildman–Crippen LogP) is 3.45. The van der Waals surface area contributed by atoms with Crippen molar-refractivity contribution in [3.05, 3.63) is 62.7 Å². The Kier molecular flexibility index (Phi) is 4.59. The van der Waals surface area contributed by atoms with E-state index in [0.29, 0.717) is 16.1 Å². The molecule has 2 aromatic rings. The van der Waals surface area contributed by atoms with Gasteiger partial charge in [-0.1, -0.05) is 23.7 Å². The summed E-state index contributed by atoms with van der Waals surface area (Å²) in [7, 11) is -1.36. The van der Waals surface area contributed by atoms with Crippen LogP contribution in [0, 0.1) is 17.0 Å². The SMILES string of the molecule is Cc1cccc(S(=O)Cc2ccc([N+](=O)[O-])cc2Cl)c1N. The number of rotatable bonds is 4. The monoisotopic (exact) mass is 324 g/mol. The minimum atomic E-state index is -1.36. The van der Waals surface area contributed by atoms with E-state index in [1.807, 2.05) is 13.0 Å². The molecule has 0 spiro atoms. The lowest BCUT2D eigenvalue weighted by Gasteiger charge is -2.09. The number of nitrogen functional groups attached to an aromatic ring is 1. The number of hydrogen-bond donors (Lipinski definition) is 1. The van der Waals surface area contributed by atoms with Gasteiger partial charge >= 0.3 is 0 Å². The molecule has 0 radical (unpaired) electrons. The van der Waals surface area contributed by atoms with Gasteiger partial charge in [0.1, 0.15) is 0 Å². The fourth-order valence-electron chi connectivity index (χ4n) is 1.84. The highest BCUT2D eigenvalue weighted by Crippen LogP contribution is 2.27. The van der Waals surface area contributed by atoms with Gasteiger partial charge in [-0.25, -0.2) is 0 Å². The van der Waals surface area contributed by atoms with Gasteiger partial charge in [-0.2, -0.15) is 0 Å². The Bertz CT molecular complexity index is 734. The molecule has 0 saturated carbocycles. The summed E-state index contributed by atoms with van der Waals surface area (Å²) in [5, 5.41) is 10.9. The van der Waals surface area contributed by atoms with Crippen LogP contribution in [-0.4, -0.2) is 9.13 Å². The second-order valence-electron chi connectivity index (χ2n) is 4.51. The minimum absolute atomic E-state index is 0.0930. The zero-order valence-corrected chi connectivity index (χ0v) is 12.8. The number of benzene rings is 2. The number of anilines is 1. The van der Waals surface area contributed by atoms with Crippen molar-refractivity contribution >= 4 is 33.8 Å². The van der Waals surface area contributed by atoms with Crippen LogP contribution in [0.2, 0.25) is 5.02 Å². The summed E-state index contributed by atoms with van der Waals surface area (Å²) in [5.74, 6) is 0.157. The van der Waals surface area contributed by atoms with Crippen molar-refractivity contribution in [1.82, 2.24) is 0 Å².